The van der Waals surface area contributed by atoms with Gasteiger partial charge in [0.25, 0.3) is 0 Å². The lowest BCUT2D eigenvalue weighted by Crippen LogP contribution is -2.28. The second-order valence-electron chi connectivity index (χ2n) is 3.77. The van der Waals surface area contributed by atoms with Crippen molar-refractivity contribution in [2.75, 3.05) is 6.54 Å². The van der Waals surface area contributed by atoms with Crippen molar-refractivity contribution >= 4 is 0 Å². The van der Waals surface area contributed by atoms with Crippen molar-refractivity contribution in [3.05, 3.63) is 42.2 Å². The third-order valence-corrected chi connectivity index (χ3v) is 2.83. The number of hydrogen-bond donors (Lipinski definition) is 1. The van der Waals surface area contributed by atoms with Crippen LogP contribution in [-0.4, -0.2) is 16.3 Å². The molecular formula is C12H13N3. The first-order chi connectivity index (χ1) is 7.45. The maximum Gasteiger partial charge on any atom is 0.0601 e. The van der Waals surface area contributed by atoms with Gasteiger partial charge in [-0.1, -0.05) is 30.3 Å². The summed E-state index contributed by atoms with van der Waals surface area (Å²) >= 11 is 0. The van der Waals surface area contributed by atoms with Crippen LogP contribution in [0.3, 0.4) is 0 Å². The molecule has 1 aliphatic rings. The normalized spacial score (nSPS) is 14.9. The molecule has 3 rings (SSSR count). The first-order valence-electron chi connectivity index (χ1n) is 5.26. The maximum absolute atomic E-state index is 4.41. The number of aromatic nitrogens is 2. The van der Waals surface area contributed by atoms with Gasteiger partial charge in [-0.2, -0.15) is 5.10 Å². The minimum absolute atomic E-state index is 0.921. The monoisotopic (exact) mass is 199 g/mol. The summed E-state index contributed by atoms with van der Waals surface area (Å²) in [7, 11) is 0. The molecule has 0 unspecified atom stereocenters. The van der Waals surface area contributed by atoms with Gasteiger partial charge in [0.2, 0.25) is 0 Å². The molecule has 2 aromatic rings. The average Bonchev–Trinajstić information content (AvgIpc) is 2.74. The van der Waals surface area contributed by atoms with Crippen molar-refractivity contribution in [3.8, 4) is 11.1 Å². The molecule has 3 nitrogen and oxygen atoms in total. The van der Waals surface area contributed by atoms with Crippen molar-refractivity contribution in [1.82, 2.24) is 15.1 Å². The van der Waals surface area contributed by atoms with Gasteiger partial charge in [-0.25, -0.2) is 0 Å². The molecule has 0 radical (unpaired) electrons. The molecular weight excluding hydrogens is 186 g/mol. The summed E-state index contributed by atoms with van der Waals surface area (Å²) in [4.78, 5) is 0. The molecule has 1 aromatic carbocycles. The van der Waals surface area contributed by atoms with Crippen LogP contribution in [0.5, 0.6) is 0 Å². The van der Waals surface area contributed by atoms with E-state index < -0.39 is 0 Å². The second kappa shape index (κ2) is 3.51. The minimum Gasteiger partial charge on any atom is -0.309 e. The Labute approximate surface area is 88.7 Å². The van der Waals surface area contributed by atoms with Gasteiger partial charge in [-0.05, 0) is 5.56 Å². The highest BCUT2D eigenvalue weighted by Crippen LogP contribution is 2.24. The topological polar surface area (TPSA) is 29.9 Å². The third kappa shape index (κ3) is 1.45. The molecule has 0 saturated carbocycles. The van der Waals surface area contributed by atoms with E-state index in [-0.39, 0.29) is 0 Å². The molecule has 0 bridgehead atoms. The van der Waals surface area contributed by atoms with Gasteiger partial charge in [0.1, 0.15) is 0 Å². The maximum atomic E-state index is 4.41. The Morgan fingerprint density at radius 3 is 2.93 bits per heavy atom. The van der Waals surface area contributed by atoms with Crippen LogP contribution in [0.4, 0.5) is 0 Å². The van der Waals surface area contributed by atoms with E-state index in [0.717, 1.165) is 19.6 Å². The van der Waals surface area contributed by atoms with Gasteiger partial charge < -0.3 is 5.32 Å². The Morgan fingerprint density at radius 1 is 1.20 bits per heavy atom. The highest BCUT2D eigenvalue weighted by Gasteiger charge is 2.14. The molecule has 0 fully saturated rings. The van der Waals surface area contributed by atoms with Gasteiger partial charge in [-0.3, -0.25) is 4.68 Å². The zero-order valence-corrected chi connectivity index (χ0v) is 8.48. The molecule has 3 heteroatoms. The predicted octanol–water partition coefficient (Wildman–Crippen LogP) is 1.65. The summed E-state index contributed by atoms with van der Waals surface area (Å²) in [5.74, 6) is 0. The number of fused-ring (bicyclic) bond motifs is 1. The van der Waals surface area contributed by atoms with Crippen molar-refractivity contribution in [2.24, 2.45) is 0 Å². The predicted molar refractivity (Wildman–Crippen MR) is 59.4 cm³/mol. The van der Waals surface area contributed by atoms with Crippen molar-refractivity contribution < 1.29 is 0 Å². The van der Waals surface area contributed by atoms with Gasteiger partial charge in [0.05, 0.1) is 18.4 Å². The number of hydrogen-bond acceptors (Lipinski definition) is 2. The Kier molecular flexibility index (Phi) is 2.03. The highest BCUT2D eigenvalue weighted by atomic mass is 15.3. The zero-order chi connectivity index (χ0) is 10.1. The summed E-state index contributed by atoms with van der Waals surface area (Å²) in [6.45, 7) is 2.91. The Hall–Kier alpha value is -1.61. The fourth-order valence-corrected chi connectivity index (χ4v) is 2.04. The van der Waals surface area contributed by atoms with Crippen molar-refractivity contribution in [2.45, 2.75) is 13.1 Å². The number of benzene rings is 1. The third-order valence-electron chi connectivity index (χ3n) is 2.83. The van der Waals surface area contributed by atoms with E-state index in [1.54, 1.807) is 0 Å². The van der Waals surface area contributed by atoms with Crippen LogP contribution in [0.1, 0.15) is 5.69 Å². The Bertz CT molecular complexity index is 459. The van der Waals surface area contributed by atoms with E-state index in [9.17, 15) is 0 Å². The van der Waals surface area contributed by atoms with Crippen molar-refractivity contribution in [3.63, 3.8) is 0 Å². The van der Waals surface area contributed by atoms with E-state index in [4.69, 9.17) is 0 Å². The number of nitrogens with one attached hydrogen (secondary N) is 1. The molecule has 0 spiro atoms. The molecule has 76 valence electrons. The van der Waals surface area contributed by atoms with Gasteiger partial charge in [0.15, 0.2) is 0 Å². The lowest BCUT2D eigenvalue weighted by atomic mass is 10.1. The van der Waals surface area contributed by atoms with Gasteiger partial charge in [-0.15, -0.1) is 0 Å². The van der Waals surface area contributed by atoms with Crippen LogP contribution in [-0.2, 0) is 13.1 Å². The average molecular weight is 199 g/mol. The molecule has 2 heterocycles. The van der Waals surface area contributed by atoms with Crippen LogP contribution in [0, 0.1) is 0 Å². The zero-order valence-electron chi connectivity index (χ0n) is 8.48. The smallest absolute Gasteiger partial charge is 0.0601 e. The molecule has 0 atom stereocenters. The fraction of sp³-hybridized carbons (Fsp3) is 0.250. The standard InChI is InChI=1S/C12H13N3/c1-2-4-10(5-3-1)11-8-14-15-7-6-13-9-12(11)15/h1-5,8,13H,6-7,9H2. The summed E-state index contributed by atoms with van der Waals surface area (Å²) in [6.07, 6.45) is 1.97. The largest absolute Gasteiger partial charge is 0.309 e. The van der Waals surface area contributed by atoms with Gasteiger partial charge >= 0.3 is 0 Å². The first-order valence-corrected chi connectivity index (χ1v) is 5.26. The van der Waals surface area contributed by atoms with E-state index in [2.05, 4.69) is 39.4 Å². The van der Waals surface area contributed by atoms with E-state index in [1.807, 2.05) is 12.3 Å². The van der Waals surface area contributed by atoms with E-state index >= 15 is 0 Å². The molecule has 15 heavy (non-hydrogen) atoms. The van der Waals surface area contributed by atoms with E-state index in [0.29, 0.717) is 0 Å². The number of rotatable bonds is 1. The Morgan fingerprint density at radius 2 is 2.07 bits per heavy atom. The lowest BCUT2D eigenvalue weighted by Gasteiger charge is -2.16. The number of nitrogens with zero attached hydrogens (tertiary/aromatic N) is 2. The quantitative estimate of drug-likeness (QED) is 0.757. The summed E-state index contributed by atoms with van der Waals surface area (Å²) < 4.78 is 2.10. The van der Waals surface area contributed by atoms with Crippen molar-refractivity contribution in [1.29, 1.82) is 0 Å². The molecule has 0 saturated heterocycles. The van der Waals surface area contributed by atoms with Gasteiger partial charge in [0, 0.05) is 18.7 Å². The summed E-state index contributed by atoms with van der Waals surface area (Å²) in [6, 6.07) is 10.4. The van der Waals surface area contributed by atoms with Crippen LogP contribution in [0.25, 0.3) is 11.1 Å². The first kappa shape index (κ1) is 8.68. The summed E-state index contributed by atoms with van der Waals surface area (Å²) in [5.41, 5.74) is 3.80. The summed E-state index contributed by atoms with van der Waals surface area (Å²) in [5, 5.41) is 7.79. The minimum atomic E-state index is 0.921. The SMILES string of the molecule is c1ccc(-c2cnn3c2CNCC3)cc1. The second-order valence-corrected chi connectivity index (χ2v) is 3.77. The molecule has 1 N–H and O–H groups in total. The molecule has 0 aliphatic carbocycles. The van der Waals surface area contributed by atoms with Crippen LogP contribution >= 0.6 is 0 Å². The Balaban J connectivity index is 2.09. The molecule has 0 amide bonds. The molecule has 1 aliphatic heterocycles. The van der Waals surface area contributed by atoms with Crippen LogP contribution < -0.4 is 5.32 Å². The van der Waals surface area contributed by atoms with Crippen LogP contribution in [0.15, 0.2) is 36.5 Å². The fourth-order valence-electron chi connectivity index (χ4n) is 2.04. The van der Waals surface area contributed by atoms with E-state index in [1.165, 1.54) is 16.8 Å². The molecule has 1 aromatic heterocycles. The highest BCUT2D eigenvalue weighted by molar-refractivity contribution is 5.65. The van der Waals surface area contributed by atoms with Crippen LogP contribution in [0.2, 0.25) is 0 Å². The lowest BCUT2D eigenvalue weighted by molar-refractivity contribution is 0.476.